The summed E-state index contributed by atoms with van der Waals surface area (Å²) in [6, 6.07) is 1.80. The Labute approximate surface area is 135 Å². The van der Waals surface area contributed by atoms with Crippen molar-refractivity contribution in [3.8, 4) is 5.75 Å². The van der Waals surface area contributed by atoms with Crippen LogP contribution in [0.3, 0.4) is 0 Å². The smallest absolute Gasteiger partial charge is 0.264 e. The highest BCUT2D eigenvalue weighted by molar-refractivity contribution is 9.10. The lowest BCUT2D eigenvalue weighted by Crippen LogP contribution is -2.22. The third-order valence-corrected chi connectivity index (χ3v) is 6.72. The van der Waals surface area contributed by atoms with Gasteiger partial charge in [-0.25, -0.2) is 21.2 Å². The zero-order valence-electron chi connectivity index (χ0n) is 11.1. The molecule has 0 radical (unpaired) electrons. The van der Waals surface area contributed by atoms with Crippen molar-refractivity contribution in [2.45, 2.75) is 24.0 Å². The molecule has 0 spiro atoms. The van der Waals surface area contributed by atoms with Crippen molar-refractivity contribution in [2.24, 2.45) is 0 Å². The number of hydrogen-bond donors (Lipinski definition) is 0. The Bertz CT molecular complexity index is 731. The number of benzene rings is 1. The first-order valence-corrected chi connectivity index (χ1v) is 10.5. The molecule has 21 heavy (non-hydrogen) atoms. The first-order chi connectivity index (χ1) is 9.45. The summed E-state index contributed by atoms with van der Waals surface area (Å²) in [6.07, 6.45) is 0. The molecule has 5 nitrogen and oxygen atoms in total. The monoisotopic (exact) mass is 422 g/mol. The first kappa shape index (κ1) is 18.7. The van der Waals surface area contributed by atoms with E-state index in [1.54, 1.807) is 13.8 Å². The summed E-state index contributed by atoms with van der Waals surface area (Å²) in [4.78, 5) is -0.682. The second kappa shape index (κ2) is 6.80. The highest BCUT2D eigenvalue weighted by atomic mass is 79.9. The molecular formula is C11H13BrClFO5S2. The largest absolute Gasteiger partial charge is 0.491 e. The fraction of sp³-hybridized carbons (Fsp3) is 0.455. The molecule has 0 fully saturated rings. The van der Waals surface area contributed by atoms with Crippen LogP contribution >= 0.6 is 26.6 Å². The molecule has 0 aliphatic carbocycles. The molecule has 0 atom stereocenters. The Morgan fingerprint density at radius 3 is 2.33 bits per heavy atom. The highest BCUT2D eigenvalue weighted by Gasteiger charge is 2.20. The van der Waals surface area contributed by atoms with Crippen molar-refractivity contribution >= 4 is 45.5 Å². The van der Waals surface area contributed by atoms with Gasteiger partial charge in [-0.1, -0.05) is 0 Å². The van der Waals surface area contributed by atoms with Crippen LogP contribution in [0.15, 0.2) is 21.5 Å². The molecule has 0 aliphatic rings. The molecule has 120 valence electrons. The molecular weight excluding hydrogens is 411 g/mol. The van der Waals surface area contributed by atoms with Gasteiger partial charge in [0, 0.05) is 16.7 Å². The van der Waals surface area contributed by atoms with E-state index in [1.807, 2.05) is 0 Å². The van der Waals surface area contributed by atoms with E-state index < -0.39 is 34.9 Å². The van der Waals surface area contributed by atoms with Crippen LogP contribution in [0.25, 0.3) is 0 Å². The third-order valence-electron chi connectivity index (χ3n) is 2.59. The summed E-state index contributed by atoms with van der Waals surface area (Å²) in [7, 11) is -2.41. The molecule has 0 amide bonds. The number of hydrogen-bond acceptors (Lipinski definition) is 5. The second-order valence-electron chi connectivity index (χ2n) is 4.42. The highest BCUT2D eigenvalue weighted by Crippen LogP contribution is 2.31. The molecule has 0 aliphatic heterocycles. The molecule has 1 aromatic carbocycles. The lowest BCUT2D eigenvalue weighted by atomic mass is 10.3. The van der Waals surface area contributed by atoms with Gasteiger partial charge >= 0.3 is 0 Å². The molecule has 1 aromatic rings. The van der Waals surface area contributed by atoms with Gasteiger partial charge in [0.25, 0.3) is 9.05 Å². The van der Waals surface area contributed by atoms with Gasteiger partial charge in [0.1, 0.15) is 23.1 Å². The first-order valence-electron chi connectivity index (χ1n) is 5.73. The summed E-state index contributed by atoms with van der Waals surface area (Å²) >= 11 is 3.02. The van der Waals surface area contributed by atoms with E-state index in [0.29, 0.717) is 0 Å². The molecule has 0 saturated carbocycles. The van der Waals surface area contributed by atoms with Crippen LogP contribution < -0.4 is 4.74 Å². The molecule has 0 saturated heterocycles. The average Bonchev–Trinajstić information content (AvgIpc) is 2.31. The Morgan fingerprint density at radius 2 is 1.86 bits per heavy atom. The average molecular weight is 424 g/mol. The van der Waals surface area contributed by atoms with Gasteiger partial charge in [0.15, 0.2) is 9.84 Å². The summed E-state index contributed by atoms with van der Waals surface area (Å²) in [5.74, 6) is -1.31. The quantitative estimate of drug-likeness (QED) is 0.658. The van der Waals surface area contributed by atoms with Crippen LogP contribution in [-0.2, 0) is 18.9 Å². The maximum atomic E-state index is 13.6. The molecule has 0 N–H and O–H groups in total. The standard InChI is InChI=1S/C11H13BrClFO5S2/c1-7(2)20(15,16)4-3-19-10-6-9(14)11(5-8(10)12)21(13,17)18/h5-7H,3-4H2,1-2H3. The molecule has 10 heteroatoms. The van der Waals surface area contributed by atoms with Crippen molar-refractivity contribution < 1.29 is 26.0 Å². The van der Waals surface area contributed by atoms with Gasteiger partial charge in [0.2, 0.25) is 0 Å². The van der Waals surface area contributed by atoms with Crippen LogP contribution in [0.4, 0.5) is 4.39 Å². The Kier molecular flexibility index (Phi) is 6.05. The summed E-state index contributed by atoms with van der Waals surface area (Å²) < 4.78 is 64.4. The van der Waals surface area contributed by atoms with E-state index in [1.165, 1.54) is 0 Å². The Hall–Kier alpha value is -0.380. The van der Waals surface area contributed by atoms with Gasteiger partial charge in [-0.05, 0) is 35.8 Å². The van der Waals surface area contributed by atoms with E-state index in [9.17, 15) is 21.2 Å². The van der Waals surface area contributed by atoms with Crippen molar-refractivity contribution in [3.63, 3.8) is 0 Å². The van der Waals surface area contributed by atoms with E-state index in [2.05, 4.69) is 15.9 Å². The van der Waals surface area contributed by atoms with E-state index in [-0.39, 0.29) is 22.6 Å². The molecule has 0 unspecified atom stereocenters. The minimum Gasteiger partial charge on any atom is -0.491 e. The van der Waals surface area contributed by atoms with Gasteiger partial charge in [-0.15, -0.1) is 0 Å². The maximum absolute atomic E-state index is 13.6. The predicted molar refractivity (Wildman–Crippen MR) is 81.6 cm³/mol. The minimum absolute atomic E-state index is 0.00415. The fourth-order valence-electron chi connectivity index (χ4n) is 1.31. The number of sulfone groups is 1. The summed E-state index contributed by atoms with van der Waals surface area (Å²) in [6.45, 7) is 2.92. The SMILES string of the molecule is CC(C)S(=O)(=O)CCOc1cc(F)c(S(=O)(=O)Cl)cc1Br. The van der Waals surface area contributed by atoms with Crippen LogP contribution in [0.5, 0.6) is 5.75 Å². The Balaban J connectivity index is 2.90. The van der Waals surface area contributed by atoms with E-state index in [0.717, 1.165) is 12.1 Å². The molecule has 0 heterocycles. The van der Waals surface area contributed by atoms with E-state index >= 15 is 0 Å². The lowest BCUT2D eigenvalue weighted by molar-refractivity contribution is 0.335. The zero-order chi connectivity index (χ0) is 16.4. The van der Waals surface area contributed by atoms with Crippen LogP contribution in [0.2, 0.25) is 0 Å². The third kappa shape index (κ3) is 5.08. The number of halogens is 3. The van der Waals surface area contributed by atoms with Crippen molar-refractivity contribution in [2.75, 3.05) is 12.4 Å². The van der Waals surface area contributed by atoms with Crippen molar-refractivity contribution in [1.82, 2.24) is 0 Å². The predicted octanol–water partition coefficient (Wildman–Crippen LogP) is 2.72. The van der Waals surface area contributed by atoms with Gasteiger partial charge in [0.05, 0.1) is 15.5 Å². The molecule has 0 aromatic heterocycles. The van der Waals surface area contributed by atoms with Crippen molar-refractivity contribution in [1.29, 1.82) is 0 Å². The summed E-state index contributed by atoms with van der Waals surface area (Å²) in [5.41, 5.74) is 0. The maximum Gasteiger partial charge on any atom is 0.264 e. The zero-order valence-corrected chi connectivity index (χ0v) is 15.1. The van der Waals surface area contributed by atoms with Gasteiger partial charge in [-0.3, -0.25) is 0 Å². The molecule has 1 rings (SSSR count). The minimum atomic E-state index is -4.21. The normalized spacial score (nSPS) is 12.7. The number of ether oxygens (including phenoxy) is 1. The second-order valence-corrected chi connectivity index (χ2v) is 10.5. The van der Waals surface area contributed by atoms with Gasteiger partial charge in [-0.2, -0.15) is 0 Å². The van der Waals surface area contributed by atoms with E-state index in [4.69, 9.17) is 15.4 Å². The topological polar surface area (TPSA) is 77.5 Å². The van der Waals surface area contributed by atoms with Crippen LogP contribution in [-0.4, -0.2) is 34.4 Å². The summed E-state index contributed by atoms with van der Waals surface area (Å²) in [5, 5.41) is -0.537. The Morgan fingerprint density at radius 1 is 1.29 bits per heavy atom. The fourth-order valence-corrected chi connectivity index (χ4v) is 3.61. The van der Waals surface area contributed by atoms with Crippen LogP contribution in [0.1, 0.15) is 13.8 Å². The van der Waals surface area contributed by atoms with Gasteiger partial charge < -0.3 is 4.74 Å². The van der Waals surface area contributed by atoms with Crippen LogP contribution in [0, 0.1) is 5.82 Å². The van der Waals surface area contributed by atoms with Crippen molar-refractivity contribution in [3.05, 3.63) is 22.4 Å². The number of rotatable bonds is 6. The lowest BCUT2D eigenvalue weighted by Gasteiger charge is -2.11. The molecule has 0 bridgehead atoms.